The summed E-state index contributed by atoms with van der Waals surface area (Å²) in [5.74, 6) is -1.58. The number of hydrogen-bond acceptors (Lipinski definition) is 5. The molecule has 0 aromatic rings. The number of sulfone groups is 1. The third kappa shape index (κ3) is 3.02. The van der Waals surface area contributed by atoms with Crippen LogP contribution >= 0.6 is 0 Å². The molecular weight excluding hydrogens is 298 g/mol. The molecule has 0 spiro atoms. The maximum Gasteiger partial charge on any atom is 0.327 e. The van der Waals surface area contributed by atoms with Crippen LogP contribution in [0.5, 0.6) is 0 Å². The van der Waals surface area contributed by atoms with Crippen LogP contribution < -0.4 is 0 Å². The fourth-order valence-electron chi connectivity index (χ4n) is 2.59. The summed E-state index contributed by atoms with van der Waals surface area (Å²) in [5, 5.41) is 0. The first-order valence-electron chi connectivity index (χ1n) is 6.85. The number of rotatable bonds is 2. The lowest BCUT2D eigenvalue weighted by Gasteiger charge is -2.35. The lowest BCUT2D eigenvalue weighted by Crippen LogP contribution is -2.59. The van der Waals surface area contributed by atoms with E-state index < -0.39 is 33.7 Å². The Hall–Kier alpha value is -1.64. The first-order chi connectivity index (χ1) is 9.76. The number of urea groups is 1. The first-order valence-corrected chi connectivity index (χ1v) is 8.67. The molecule has 118 valence electrons. The normalized spacial score (nSPS) is 25.3. The van der Waals surface area contributed by atoms with Crippen LogP contribution in [0.2, 0.25) is 0 Å². The Morgan fingerprint density at radius 1 is 1.29 bits per heavy atom. The van der Waals surface area contributed by atoms with Gasteiger partial charge in [-0.3, -0.25) is 14.5 Å². The van der Waals surface area contributed by atoms with Crippen molar-refractivity contribution in [3.63, 3.8) is 0 Å². The molecule has 0 aliphatic carbocycles. The van der Waals surface area contributed by atoms with Crippen molar-refractivity contribution in [3.8, 4) is 0 Å². The minimum absolute atomic E-state index is 0.0474. The van der Waals surface area contributed by atoms with E-state index in [1.807, 2.05) is 0 Å². The Labute approximate surface area is 123 Å². The van der Waals surface area contributed by atoms with Crippen molar-refractivity contribution in [2.45, 2.75) is 19.4 Å². The maximum atomic E-state index is 12.3. The van der Waals surface area contributed by atoms with Gasteiger partial charge in [0, 0.05) is 32.7 Å². The summed E-state index contributed by atoms with van der Waals surface area (Å²) in [4.78, 5) is 39.6. The van der Waals surface area contributed by atoms with Crippen molar-refractivity contribution in [1.29, 1.82) is 0 Å². The number of imide groups is 1. The Morgan fingerprint density at radius 2 is 1.95 bits per heavy atom. The molecule has 2 rings (SSSR count). The van der Waals surface area contributed by atoms with Crippen LogP contribution in [-0.4, -0.2) is 85.2 Å². The molecule has 2 heterocycles. The van der Waals surface area contributed by atoms with Gasteiger partial charge >= 0.3 is 17.8 Å². The van der Waals surface area contributed by atoms with Gasteiger partial charge in [0.2, 0.25) is 0 Å². The second-order valence-electron chi connectivity index (χ2n) is 5.29. The molecule has 2 aliphatic rings. The van der Waals surface area contributed by atoms with Crippen LogP contribution in [0.1, 0.15) is 13.3 Å². The quantitative estimate of drug-likeness (QED) is 0.604. The average Bonchev–Trinajstić information content (AvgIpc) is 2.80. The van der Waals surface area contributed by atoms with Crippen molar-refractivity contribution in [1.82, 2.24) is 14.7 Å². The number of likely N-dealkylation sites (N-methyl/N-ethyl adjacent to an activating group) is 1. The molecule has 21 heavy (non-hydrogen) atoms. The largest absolute Gasteiger partial charge is 0.333 e. The van der Waals surface area contributed by atoms with E-state index in [1.54, 1.807) is 6.92 Å². The molecule has 0 radical (unpaired) electrons. The zero-order valence-corrected chi connectivity index (χ0v) is 12.9. The lowest BCUT2D eigenvalue weighted by molar-refractivity contribution is -0.153. The summed E-state index contributed by atoms with van der Waals surface area (Å²) in [6.45, 7) is 2.63. The fraction of sp³-hybridized carbons (Fsp3) is 0.750. The standard InChI is InChI=1S/C12H19N3O5S/c1-3-14-5-6-15(11(17)10(14)16)12(18)13(2)9-4-7-21(19,20)8-9/h9H,3-8H2,1-2H3. The molecule has 9 heteroatoms. The molecule has 0 N–H and O–H groups in total. The second kappa shape index (κ2) is 5.63. The number of piperazine rings is 1. The average molecular weight is 317 g/mol. The summed E-state index contributed by atoms with van der Waals surface area (Å²) in [6, 6.07) is -1.04. The number of amides is 4. The predicted octanol–water partition coefficient (Wildman–Crippen LogP) is -1.08. The van der Waals surface area contributed by atoms with Crippen LogP contribution in [0.15, 0.2) is 0 Å². The van der Waals surface area contributed by atoms with Gasteiger partial charge in [0.05, 0.1) is 11.5 Å². The van der Waals surface area contributed by atoms with Crippen molar-refractivity contribution in [2.75, 3.05) is 38.2 Å². The molecule has 2 aliphatic heterocycles. The molecule has 2 saturated heterocycles. The molecule has 4 amide bonds. The van der Waals surface area contributed by atoms with Gasteiger partial charge in [0.15, 0.2) is 9.84 Å². The number of nitrogens with zero attached hydrogens (tertiary/aromatic N) is 3. The van der Waals surface area contributed by atoms with Crippen molar-refractivity contribution < 1.29 is 22.8 Å². The van der Waals surface area contributed by atoms with E-state index in [2.05, 4.69) is 0 Å². The minimum atomic E-state index is -3.11. The minimum Gasteiger partial charge on any atom is -0.333 e. The van der Waals surface area contributed by atoms with Crippen molar-refractivity contribution in [3.05, 3.63) is 0 Å². The predicted molar refractivity (Wildman–Crippen MR) is 74.2 cm³/mol. The van der Waals surface area contributed by atoms with Gasteiger partial charge in [-0.05, 0) is 13.3 Å². The van der Waals surface area contributed by atoms with Crippen LogP contribution in [0, 0.1) is 0 Å². The highest BCUT2D eigenvalue weighted by Gasteiger charge is 2.40. The van der Waals surface area contributed by atoms with Gasteiger partial charge in [-0.15, -0.1) is 0 Å². The summed E-state index contributed by atoms with van der Waals surface area (Å²) >= 11 is 0. The SMILES string of the molecule is CCN1CCN(C(=O)N(C)C2CCS(=O)(=O)C2)C(=O)C1=O. The highest BCUT2D eigenvalue weighted by molar-refractivity contribution is 7.91. The van der Waals surface area contributed by atoms with Gasteiger partial charge in [-0.2, -0.15) is 0 Å². The van der Waals surface area contributed by atoms with E-state index in [4.69, 9.17) is 0 Å². The Kier molecular flexibility index (Phi) is 4.22. The monoisotopic (exact) mass is 317 g/mol. The van der Waals surface area contributed by atoms with E-state index in [0.29, 0.717) is 19.5 Å². The topological polar surface area (TPSA) is 95.1 Å². The summed E-state index contributed by atoms with van der Waals surface area (Å²) in [5.41, 5.74) is 0. The zero-order valence-electron chi connectivity index (χ0n) is 12.1. The van der Waals surface area contributed by atoms with Gasteiger partial charge in [-0.25, -0.2) is 13.2 Å². The smallest absolute Gasteiger partial charge is 0.327 e. The molecule has 8 nitrogen and oxygen atoms in total. The Morgan fingerprint density at radius 3 is 2.48 bits per heavy atom. The number of carbonyl (C=O) groups is 3. The molecular formula is C12H19N3O5S. The Balaban J connectivity index is 2.07. The third-order valence-electron chi connectivity index (χ3n) is 3.98. The van der Waals surface area contributed by atoms with E-state index >= 15 is 0 Å². The lowest BCUT2D eigenvalue weighted by atomic mass is 10.2. The van der Waals surface area contributed by atoms with Crippen molar-refractivity contribution >= 4 is 27.7 Å². The summed E-state index contributed by atoms with van der Waals surface area (Å²) < 4.78 is 22.9. The first kappa shape index (κ1) is 15.7. The van der Waals surface area contributed by atoms with E-state index in [-0.39, 0.29) is 18.1 Å². The van der Waals surface area contributed by atoms with Gasteiger partial charge in [0.1, 0.15) is 0 Å². The Bertz CT molecular complexity index is 573. The molecule has 1 unspecified atom stereocenters. The number of carbonyl (C=O) groups excluding carboxylic acids is 3. The highest BCUT2D eigenvalue weighted by Crippen LogP contribution is 2.18. The summed E-state index contributed by atoms with van der Waals surface area (Å²) in [6.07, 6.45) is 0.363. The van der Waals surface area contributed by atoms with E-state index in [9.17, 15) is 22.8 Å². The van der Waals surface area contributed by atoms with Crippen LogP contribution in [0.3, 0.4) is 0 Å². The van der Waals surface area contributed by atoms with Crippen LogP contribution in [-0.2, 0) is 19.4 Å². The van der Waals surface area contributed by atoms with Crippen LogP contribution in [0.25, 0.3) is 0 Å². The van der Waals surface area contributed by atoms with Gasteiger partial charge in [0.25, 0.3) is 0 Å². The van der Waals surface area contributed by atoms with Gasteiger partial charge < -0.3 is 9.80 Å². The molecule has 0 saturated carbocycles. The third-order valence-corrected chi connectivity index (χ3v) is 5.73. The zero-order chi connectivity index (χ0) is 15.8. The highest BCUT2D eigenvalue weighted by atomic mass is 32.2. The van der Waals surface area contributed by atoms with E-state index in [1.165, 1.54) is 16.8 Å². The molecule has 0 aromatic heterocycles. The second-order valence-corrected chi connectivity index (χ2v) is 7.52. The number of hydrogen-bond donors (Lipinski definition) is 0. The maximum absolute atomic E-state index is 12.3. The van der Waals surface area contributed by atoms with Gasteiger partial charge in [-0.1, -0.05) is 0 Å². The van der Waals surface area contributed by atoms with Crippen molar-refractivity contribution in [2.24, 2.45) is 0 Å². The van der Waals surface area contributed by atoms with E-state index in [0.717, 1.165) is 4.90 Å². The molecule has 0 aromatic carbocycles. The fourth-order valence-corrected chi connectivity index (χ4v) is 4.36. The summed E-state index contributed by atoms with van der Waals surface area (Å²) in [7, 11) is -1.64. The molecule has 2 fully saturated rings. The van der Waals surface area contributed by atoms with Crippen LogP contribution in [0.4, 0.5) is 4.79 Å². The molecule has 0 bridgehead atoms. The molecule has 1 atom stereocenters.